The maximum atomic E-state index is 10.2. The van der Waals surface area contributed by atoms with Crippen molar-refractivity contribution in [2.24, 2.45) is 4.99 Å². The van der Waals surface area contributed by atoms with E-state index in [0.29, 0.717) is 18.8 Å². The largest absolute Gasteiger partial charge is 0.395 e. The molecule has 0 saturated heterocycles. The monoisotopic (exact) mass is 186 g/mol. The van der Waals surface area contributed by atoms with Crippen molar-refractivity contribution in [3.63, 3.8) is 0 Å². The van der Waals surface area contributed by atoms with E-state index in [0.717, 1.165) is 19.4 Å². The van der Waals surface area contributed by atoms with Gasteiger partial charge in [-0.25, -0.2) is 0 Å². The highest BCUT2D eigenvalue weighted by atomic mass is 16.3. The first-order valence-electron chi connectivity index (χ1n) is 4.54. The molecular formula is C9H18N2O2. The second kappa shape index (κ2) is 7.89. The molecule has 0 aliphatic heterocycles. The molecule has 1 N–H and O–H groups in total. The molecule has 76 valence electrons. The topological polar surface area (TPSA) is 52.9 Å². The zero-order valence-electron chi connectivity index (χ0n) is 8.36. The van der Waals surface area contributed by atoms with Gasteiger partial charge in [0.25, 0.3) is 0 Å². The van der Waals surface area contributed by atoms with Gasteiger partial charge < -0.3 is 5.11 Å². The van der Waals surface area contributed by atoms with Crippen molar-refractivity contribution in [3.8, 4) is 0 Å². The molecule has 0 bridgehead atoms. The van der Waals surface area contributed by atoms with Crippen LogP contribution in [0.4, 0.5) is 0 Å². The summed E-state index contributed by atoms with van der Waals surface area (Å²) in [6, 6.07) is 0. The Bertz CT molecular complexity index is 169. The van der Waals surface area contributed by atoms with Crippen molar-refractivity contribution in [3.05, 3.63) is 0 Å². The number of rotatable bonds is 7. The molecule has 0 aliphatic carbocycles. The van der Waals surface area contributed by atoms with Crippen molar-refractivity contribution in [2.75, 3.05) is 32.8 Å². The van der Waals surface area contributed by atoms with E-state index in [-0.39, 0.29) is 6.61 Å². The lowest BCUT2D eigenvalue weighted by Gasteiger charge is -2.17. The van der Waals surface area contributed by atoms with Gasteiger partial charge in [0.05, 0.1) is 18.9 Å². The molecule has 4 nitrogen and oxygen atoms in total. The third kappa shape index (κ3) is 6.42. The van der Waals surface area contributed by atoms with Crippen LogP contribution in [-0.4, -0.2) is 54.8 Å². The Morgan fingerprint density at radius 2 is 2.23 bits per heavy atom. The first-order valence-corrected chi connectivity index (χ1v) is 4.54. The summed E-state index contributed by atoms with van der Waals surface area (Å²) in [7, 11) is 0. The summed E-state index contributed by atoms with van der Waals surface area (Å²) < 4.78 is 0. The Morgan fingerprint density at radius 1 is 1.54 bits per heavy atom. The molecule has 13 heavy (non-hydrogen) atoms. The van der Waals surface area contributed by atoms with Gasteiger partial charge >= 0.3 is 0 Å². The molecule has 0 aromatic carbocycles. The molecule has 0 saturated carbocycles. The van der Waals surface area contributed by atoms with Gasteiger partial charge in [-0.3, -0.25) is 14.7 Å². The number of aliphatic imine (C=N–C) groups is 1. The van der Waals surface area contributed by atoms with Crippen molar-refractivity contribution in [1.29, 1.82) is 0 Å². The average Bonchev–Trinajstić information content (AvgIpc) is 2.16. The summed E-state index contributed by atoms with van der Waals surface area (Å²) in [6.07, 6.45) is 0.752. The number of aldehydes is 1. The molecule has 0 amide bonds. The number of likely N-dealkylation sites (N-methyl/N-ethyl adjacent to an activating group) is 1. The van der Waals surface area contributed by atoms with Gasteiger partial charge in [0.2, 0.25) is 0 Å². The molecular weight excluding hydrogens is 168 g/mol. The summed E-state index contributed by atoms with van der Waals surface area (Å²) in [6.45, 7) is 6.88. The van der Waals surface area contributed by atoms with Gasteiger partial charge in [-0.1, -0.05) is 6.92 Å². The van der Waals surface area contributed by atoms with Crippen LogP contribution < -0.4 is 0 Å². The Balaban J connectivity index is 3.65. The van der Waals surface area contributed by atoms with Gasteiger partial charge in [-0.05, 0) is 13.5 Å². The van der Waals surface area contributed by atoms with E-state index in [2.05, 4.69) is 9.89 Å². The zero-order valence-corrected chi connectivity index (χ0v) is 8.36. The fourth-order valence-electron chi connectivity index (χ4n) is 0.974. The van der Waals surface area contributed by atoms with Crippen LogP contribution in [0.15, 0.2) is 4.99 Å². The summed E-state index contributed by atoms with van der Waals surface area (Å²) in [5.74, 6) is 0. The molecule has 0 spiro atoms. The number of aliphatic hydroxyl groups excluding tert-OH is 1. The molecule has 0 radical (unpaired) electrons. The molecule has 0 aromatic rings. The molecule has 0 unspecified atom stereocenters. The van der Waals surface area contributed by atoms with Gasteiger partial charge in [-0.2, -0.15) is 0 Å². The Kier molecular flexibility index (Phi) is 7.44. The van der Waals surface area contributed by atoms with E-state index >= 15 is 0 Å². The van der Waals surface area contributed by atoms with Crippen molar-refractivity contribution < 1.29 is 9.90 Å². The minimum absolute atomic E-state index is 0.171. The summed E-state index contributed by atoms with van der Waals surface area (Å²) in [4.78, 5) is 16.3. The molecule has 0 atom stereocenters. The first-order chi connectivity index (χ1) is 6.24. The second-order valence-electron chi connectivity index (χ2n) is 2.80. The molecule has 0 rings (SSSR count). The minimum atomic E-state index is 0.171. The Morgan fingerprint density at radius 3 is 2.69 bits per heavy atom. The fourth-order valence-corrected chi connectivity index (χ4v) is 0.974. The number of nitrogens with zero attached hydrogens (tertiary/aromatic N) is 2. The number of hydrogen-bond donors (Lipinski definition) is 1. The maximum absolute atomic E-state index is 10.2. The number of hydrogen-bond acceptors (Lipinski definition) is 4. The Hall–Kier alpha value is -0.740. The van der Waals surface area contributed by atoms with Crippen LogP contribution in [0.3, 0.4) is 0 Å². The van der Waals surface area contributed by atoms with E-state index in [1.54, 1.807) is 6.92 Å². The minimum Gasteiger partial charge on any atom is -0.395 e. The van der Waals surface area contributed by atoms with Crippen LogP contribution in [0, 0.1) is 0 Å². The lowest BCUT2D eigenvalue weighted by atomic mass is 10.4. The van der Waals surface area contributed by atoms with Gasteiger partial charge in [-0.15, -0.1) is 0 Å². The maximum Gasteiger partial charge on any atom is 0.163 e. The third-order valence-corrected chi connectivity index (χ3v) is 1.81. The smallest absolute Gasteiger partial charge is 0.163 e. The average molecular weight is 186 g/mol. The highest BCUT2D eigenvalue weighted by molar-refractivity contribution is 6.27. The normalized spacial score (nSPS) is 12.2. The standard InChI is InChI=1S/C9H18N2O2/c1-3-11(6-7-12)5-4-10-9(2)8-13/h8,12H,3-7H2,1-2H3/b10-9+. The van der Waals surface area contributed by atoms with E-state index in [9.17, 15) is 4.79 Å². The summed E-state index contributed by atoms with van der Waals surface area (Å²) in [5.41, 5.74) is 0.528. The first kappa shape index (κ1) is 12.3. The van der Waals surface area contributed by atoms with Crippen LogP contribution in [0.2, 0.25) is 0 Å². The lowest BCUT2D eigenvalue weighted by Crippen LogP contribution is -2.29. The number of carbonyl (C=O) groups excluding carboxylic acids is 1. The third-order valence-electron chi connectivity index (χ3n) is 1.81. The number of aliphatic hydroxyl groups is 1. The van der Waals surface area contributed by atoms with Crippen LogP contribution >= 0.6 is 0 Å². The lowest BCUT2D eigenvalue weighted by molar-refractivity contribution is -0.102. The SMILES string of the molecule is CCN(CCO)CC/N=C(\C)C=O. The predicted molar refractivity (Wildman–Crippen MR) is 53.2 cm³/mol. The van der Waals surface area contributed by atoms with Crippen LogP contribution in [0.1, 0.15) is 13.8 Å². The molecule has 0 aromatic heterocycles. The summed E-state index contributed by atoms with van der Waals surface area (Å²) in [5, 5.41) is 8.69. The van der Waals surface area contributed by atoms with Gasteiger partial charge in [0, 0.05) is 13.1 Å². The second-order valence-corrected chi connectivity index (χ2v) is 2.80. The Labute approximate surface area is 79.3 Å². The van der Waals surface area contributed by atoms with E-state index in [1.807, 2.05) is 6.92 Å². The summed E-state index contributed by atoms with van der Waals surface area (Å²) >= 11 is 0. The van der Waals surface area contributed by atoms with Crippen molar-refractivity contribution in [2.45, 2.75) is 13.8 Å². The van der Waals surface area contributed by atoms with E-state index in [4.69, 9.17) is 5.11 Å². The fraction of sp³-hybridized carbons (Fsp3) is 0.778. The number of carbonyl (C=O) groups is 1. The van der Waals surface area contributed by atoms with Crippen molar-refractivity contribution in [1.82, 2.24) is 4.90 Å². The molecule has 4 heteroatoms. The van der Waals surface area contributed by atoms with E-state index in [1.165, 1.54) is 0 Å². The zero-order chi connectivity index (χ0) is 10.1. The van der Waals surface area contributed by atoms with Crippen LogP contribution in [0.25, 0.3) is 0 Å². The van der Waals surface area contributed by atoms with Crippen molar-refractivity contribution >= 4 is 12.0 Å². The van der Waals surface area contributed by atoms with Crippen LogP contribution in [0.5, 0.6) is 0 Å². The molecule has 0 heterocycles. The highest BCUT2D eigenvalue weighted by Crippen LogP contribution is 1.87. The van der Waals surface area contributed by atoms with Gasteiger partial charge in [0.1, 0.15) is 0 Å². The predicted octanol–water partition coefficient (Wildman–Crippen LogP) is -0.0396. The van der Waals surface area contributed by atoms with Crippen LogP contribution in [-0.2, 0) is 4.79 Å². The molecule has 0 aliphatic rings. The highest BCUT2D eigenvalue weighted by Gasteiger charge is 1.99. The quantitative estimate of drug-likeness (QED) is 0.448. The van der Waals surface area contributed by atoms with Gasteiger partial charge in [0.15, 0.2) is 6.29 Å². The molecule has 0 fully saturated rings. The van der Waals surface area contributed by atoms with E-state index < -0.39 is 0 Å².